The lowest BCUT2D eigenvalue weighted by Gasteiger charge is -2.04. The van der Waals surface area contributed by atoms with Gasteiger partial charge in [0.15, 0.2) is 0 Å². The zero-order chi connectivity index (χ0) is 12.4. The molecule has 0 amide bonds. The molecule has 1 aromatic heterocycles. The highest BCUT2D eigenvalue weighted by Crippen LogP contribution is 2.31. The minimum Gasteiger partial charge on any atom is -0.330 e. The highest BCUT2D eigenvalue weighted by molar-refractivity contribution is 7.12. The van der Waals surface area contributed by atoms with E-state index in [1.165, 1.54) is 10.4 Å². The Morgan fingerprint density at radius 3 is 2.82 bits per heavy atom. The third-order valence-corrected chi connectivity index (χ3v) is 3.92. The van der Waals surface area contributed by atoms with Crippen LogP contribution >= 0.6 is 22.9 Å². The van der Waals surface area contributed by atoms with Crippen molar-refractivity contribution in [1.29, 1.82) is 0 Å². The first-order valence-corrected chi connectivity index (χ1v) is 6.74. The number of halogens is 1. The SMILES string of the molecule is Cc1ccc(Cl)cc1-c1nc(CCN)sc1C. The Labute approximate surface area is 110 Å². The van der Waals surface area contributed by atoms with Crippen LogP contribution in [0, 0.1) is 13.8 Å². The number of benzene rings is 1. The number of thiazole rings is 1. The molecule has 17 heavy (non-hydrogen) atoms. The summed E-state index contributed by atoms with van der Waals surface area (Å²) in [5.41, 5.74) is 8.91. The second kappa shape index (κ2) is 5.17. The molecule has 0 fully saturated rings. The van der Waals surface area contributed by atoms with Crippen LogP contribution in [0.3, 0.4) is 0 Å². The summed E-state index contributed by atoms with van der Waals surface area (Å²) in [4.78, 5) is 5.87. The summed E-state index contributed by atoms with van der Waals surface area (Å²) < 4.78 is 0. The topological polar surface area (TPSA) is 38.9 Å². The molecule has 2 nitrogen and oxygen atoms in total. The molecule has 90 valence electrons. The molecule has 0 spiro atoms. The van der Waals surface area contributed by atoms with E-state index in [1.807, 2.05) is 18.2 Å². The molecule has 0 saturated carbocycles. The minimum atomic E-state index is 0.640. The largest absolute Gasteiger partial charge is 0.330 e. The summed E-state index contributed by atoms with van der Waals surface area (Å²) in [5.74, 6) is 0. The Morgan fingerprint density at radius 1 is 1.35 bits per heavy atom. The second-order valence-corrected chi connectivity index (χ2v) is 5.73. The number of nitrogens with two attached hydrogens (primary N) is 1. The number of hydrogen-bond donors (Lipinski definition) is 1. The maximum Gasteiger partial charge on any atom is 0.0947 e. The Balaban J connectivity index is 2.48. The van der Waals surface area contributed by atoms with Crippen LogP contribution in [0.2, 0.25) is 5.02 Å². The molecule has 1 heterocycles. The van der Waals surface area contributed by atoms with Crippen LogP contribution in [0.1, 0.15) is 15.4 Å². The van der Waals surface area contributed by atoms with Gasteiger partial charge in [-0.2, -0.15) is 0 Å². The standard InChI is InChI=1S/C13H15ClN2S/c1-8-3-4-10(14)7-11(8)13-9(2)17-12(16-13)5-6-15/h3-4,7H,5-6,15H2,1-2H3. The van der Waals surface area contributed by atoms with Crippen molar-refractivity contribution in [1.82, 2.24) is 4.98 Å². The van der Waals surface area contributed by atoms with E-state index >= 15 is 0 Å². The number of aromatic nitrogens is 1. The van der Waals surface area contributed by atoms with Crippen LogP contribution in [0.4, 0.5) is 0 Å². The molecule has 2 rings (SSSR count). The van der Waals surface area contributed by atoms with Gasteiger partial charge in [-0.25, -0.2) is 4.98 Å². The molecular weight excluding hydrogens is 252 g/mol. The fraction of sp³-hybridized carbons (Fsp3) is 0.308. The predicted molar refractivity (Wildman–Crippen MR) is 74.8 cm³/mol. The number of nitrogens with zero attached hydrogens (tertiary/aromatic N) is 1. The molecule has 1 aromatic carbocycles. The van der Waals surface area contributed by atoms with E-state index in [-0.39, 0.29) is 0 Å². The molecule has 0 aliphatic heterocycles. The molecule has 0 atom stereocenters. The lowest BCUT2D eigenvalue weighted by atomic mass is 10.1. The molecule has 0 aliphatic carbocycles. The van der Waals surface area contributed by atoms with Crippen molar-refractivity contribution in [3.63, 3.8) is 0 Å². The summed E-state index contributed by atoms with van der Waals surface area (Å²) in [6.45, 7) is 4.81. The molecule has 0 bridgehead atoms. The zero-order valence-electron chi connectivity index (χ0n) is 9.96. The first-order valence-electron chi connectivity index (χ1n) is 5.54. The van der Waals surface area contributed by atoms with Crippen LogP contribution in [0.15, 0.2) is 18.2 Å². The van der Waals surface area contributed by atoms with Gasteiger partial charge < -0.3 is 5.73 Å². The summed E-state index contributed by atoms with van der Waals surface area (Å²) >= 11 is 7.76. The van der Waals surface area contributed by atoms with Gasteiger partial charge in [0.1, 0.15) is 0 Å². The monoisotopic (exact) mass is 266 g/mol. The van der Waals surface area contributed by atoms with E-state index in [1.54, 1.807) is 11.3 Å². The van der Waals surface area contributed by atoms with Crippen molar-refractivity contribution in [3.8, 4) is 11.3 Å². The molecule has 0 saturated heterocycles. The maximum atomic E-state index is 6.04. The van der Waals surface area contributed by atoms with Crippen LogP contribution in [-0.2, 0) is 6.42 Å². The fourth-order valence-corrected chi connectivity index (χ4v) is 2.92. The first kappa shape index (κ1) is 12.6. The molecule has 0 aliphatic rings. The number of rotatable bonds is 3. The quantitative estimate of drug-likeness (QED) is 0.922. The summed E-state index contributed by atoms with van der Waals surface area (Å²) in [6, 6.07) is 5.91. The van der Waals surface area contributed by atoms with Crippen molar-refractivity contribution in [3.05, 3.63) is 38.7 Å². The number of aryl methyl sites for hydroxylation is 2. The predicted octanol–water partition coefficient (Wildman–Crippen LogP) is 3.58. The highest BCUT2D eigenvalue weighted by Gasteiger charge is 2.11. The van der Waals surface area contributed by atoms with Crippen molar-refractivity contribution in [2.75, 3.05) is 6.54 Å². The van der Waals surface area contributed by atoms with Crippen LogP contribution in [0.5, 0.6) is 0 Å². The van der Waals surface area contributed by atoms with Crippen molar-refractivity contribution in [2.45, 2.75) is 20.3 Å². The van der Waals surface area contributed by atoms with Gasteiger partial charge in [0.25, 0.3) is 0 Å². The van der Waals surface area contributed by atoms with Gasteiger partial charge in [0.2, 0.25) is 0 Å². The summed E-state index contributed by atoms with van der Waals surface area (Å²) in [5, 5.41) is 1.85. The van der Waals surface area contributed by atoms with Gasteiger partial charge in [0, 0.05) is 21.9 Å². The van der Waals surface area contributed by atoms with Gasteiger partial charge in [-0.05, 0) is 38.1 Å². The minimum absolute atomic E-state index is 0.640. The Hall–Kier alpha value is -0.900. The lowest BCUT2D eigenvalue weighted by Crippen LogP contribution is -2.02. The van der Waals surface area contributed by atoms with Gasteiger partial charge in [-0.3, -0.25) is 0 Å². The summed E-state index contributed by atoms with van der Waals surface area (Å²) in [7, 11) is 0. The van der Waals surface area contributed by atoms with Crippen LogP contribution < -0.4 is 5.73 Å². The average molecular weight is 267 g/mol. The molecule has 2 aromatic rings. The maximum absolute atomic E-state index is 6.04. The Bertz CT molecular complexity index is 534. The number of hydrogen-bond acceptors (Lipinski definition) is 3. The van der Waals surface area contributed by atoms with Crippen molar-refractivity contribution >= 4 is 22.9 Å². The van der Waals surface area contributed by atoms with E-state index in [0.717, 1.165) is 27.7 Å². The van der Waals surface area contributed by atoms with E-state index in [4.69, 9.17) is 17.3 Å². The molecule has 0 radical (unpaired) electrons. The first-order chi connectivity index (χ1) is 8.11. The summed E-state index contributed by atoms with van der Waals surface area (Å²) in [6.07, 6.45) is 0.838. The Morgan fingerprint density at radius 2 is 2.12 bits per heavy atom. The van der Waals surface area contributed by atoms with Gasteiger partial charge in [-0.1, -0.05) is 17.7 Å². The Kier molecular flexibility index (Phi) is 3.82. The highest BCUT2D eigenvalue weighted by atomic mass is 35.5. The molecule has 4 heteroatoms. The van der Waals surface area contributed by atoms with Crippen molar-refractivity contribution < 1.29 is 0 Å². The zero-order valence-corrected chi connectivity index (χ0v) is 11.5. The normalized spacial score (nSPS) is 10.8. The van der Waals surface area contributed by atoms with E-state index < -0.39 is 0 Å². The van der Waals surface area contributed by atoms with Crippen molar-refractivity contribution in [2.24, 2.45) is 5.73 Å². The third-order valence-electron chi connectivity index (χ3n) is 2.65. The van der Waals surface area contributed by atoms with E-state index in [9.17, 15) is 0 Å². The van der Waals surface area contributed by atoms with Gasteiger partial charge >= 0.3 is 0 Å². The van der Waals surface area contributed by atoms with Gasteiger partial charge in [0.05, 0.1) is 10.7 Å². The average Bonchev–Trinajstić information content (AvgIpc) is 2.64. The molecular formula is C13H15ClN2S. The molecule has 2 N–H and O–H groups in total. The fourth-order valence-electron chi connectivity index (χ4n) is 1.78. The molecule has 0 unspecified atom stereocenters. The van der Waals surface area contributed by atoms with E-state index in [2.05, 4.69) is 18.8 Å². The smallest absolute Gasteiger partial charge is 0.0947 e. The lowest BCUT2D eigenvalue weighted by molar-refractivity contribution is 0.954. The third kappa shape index (κ3) is 2.68. The van der Waals surface area contributed by atoms with Crippen LogP contribution in [0.25, 0.3) is 11.3 Å². The van der Waals surface area contributed by atoms with Gasteiger partial charge in [-0.15, -0.1) is 11.3 Å². The van der Waals surface area contributed by atoms with Crippen LogP contribution in [-0.4, -0.2) is 11.5 Å². The van der Waals surface area contributed by atoms with E-state index in [0.29, 0.717) is 6.54 Å². The second-order valence-electron chi connectivity index (χ2n) is 4.01.